The number of amides is 2. The van der Waals surface area contributed by atoms with Gasteiger partial charge in [-0.2, -0.15) is 4.98 Å². The van der Waals surface area contributed by atoms with E-state index in [0.29, 0.717) is 31.1 Å². The van der Waals surface area contributed by atoms with Crippen LogP contribution < -0.4 is 10.1 Å². The Balaban J connectivity index is 1.25. The maximum atomic E-state index is 12.9. The first kappa shape index (κ1) is 20.5. The van der Waals surface area contributed by atoms with Gasteiger partial charge in [0.1, 0.15) is 11.6 Å². The molecule has 4 rings (SSSR count). The molecule has 3 aromatic rings. The SMILES string of the molecule is O=C(COc1ccc(F)cc1)NCc1nc([C@H]2CC(=O)N(Cc3ccccc3)C2)no1. The number of nitrogens with one attached hydrogen (secondary N) is 1. The molecular weight excluding hydrogens is 403 g/mol. The molecule has 1 aromatic heterocycles. The van der Waals surface area contributed by atoms with Crippen LogP contribution in [0.5, 0.6) is 5.75 Å². The Morgan fingerprint density at radius 2 is 1.97 bits per heavy atom. The third-order valence-electron chi connectivity index (χ3n) is 4.90. The van der Waals surface area contributed by atoms with Crippen LogP contribution in [0.1, 0.15) is 29.6 Å². The summed E-state index contributed by atoms with van der Waals surface area (Å²) in [6.45, 7) is 0.890. The monoisotopic (exact) mass is 424 g/mol. The largest absolute Gasteiger partial charge is 0.484 e. The summed E-state index contributed by atoms with van der Waals surface area (Å²) in [6.07, 6.45) is 0.323. The Labute approximate surface area is 178 Å². The predicted molar refractivity (Wildman–Crippen MR) is 107 cm³/mol. The molecule has 0 bridgehead atoms. The summed E-state index contributed by atoms with van der Waals surface area (Å²) in [6, 6.07) is 15.2. The average Bonchev–Trinajstić information content (AvgIpc) is 3.39. The van der Waals surface area contributed by atoms with Crippen molar-refractivity contribution < 1.29 is 23.2 Å². The summed E-state index contributed by atoms with van der Waals surface area (Å²) >= 11 is 0. The number of hydrogen-bond acceptors (Lipinski definition) is 6. The summed E-state index contributed by atoms with van der Waals surface area (Å²) in [5.41, 5.74) is 1.07. The van der Waals surface area contributed by atoms with E-state index in [1.165, 1.54) is 24.3 Å². The Morgan fingerprint density at radius 3 is 2.74 bits per heavy atom. The molecule has 31 heavy (non-hydrogen) atoms. The molecule has 0 unspecified atom stereocenters. The standard InChI is InChI=1S/C22H21FN4O4/c23-17-6-8-18(9-7-17)30-14-19(28)24-11-20-25-22(26-31-20)16-10-21(29)27(13-16)12-15-4-2-1-3-5-15/h1-9,16H,10-14H2,(H,24,28)/t16-/m0/s1. The fourth-order valence-corrected chi connectivity index (χ4v) is 3.31. The Morgan fingerprint density at radius 1 is 1.19 bits per heavy atom. The van der Waals surface area contributed by atoms with Crippen molar-refractivity contribution in [3.63, 3.8) is 0 Å². The number of aromatic nitrogens is 2. The molecule has 1 saturated heterocycles. The molecule has 2 aromatic carbocycles. The molecule has 8 nitrogen and oxygen atoms in total. The van der Waals surface area contributed by atoms with Gasteiger partial charge in [-0.3, -0.25) is 9.59 Å². The molecule has 1 aliphatic rings. The highest BCUT2D eigenvalue weighted by Crippen LogP contribution is 2.27. The molecule has 1 fully saturated rings. The smallest absolute Gasteiger partial charge is 0.258 e. The van der Waals surface area contributed by atoms with E-state index in [4.69, 9.17) is 9.26 Å². The van der Waals surface area contributed by atoms with Crippen LogP contribution in [0.25, 0.3) is 0 Å². The van der Waals surface area contributed by atoms with E-state index in [0.717, 1.165) is 5.56 Å². The summed E-state index contributed by atoms with van der Waals surface area (Å²) in [4.78, 5) is 30.4. The molecule has 2 heterocycles. The zero-order valence-electron chi connectivity index (χ0n) is 16.7. The zero-order chi connectivity index (χ0) is 21.6. The van der Waals surface area contributed by atoms with E-state index in [1.807, 2.05) is 30.3 Å². The third kappa shape index (κ3) is 5.44. The quantitative estimate of drug-likeness (QED) is 0.597. The second-order valence-electron chi connectivity index (χ2n) is 7.23. The first-order valence-corrected chi connectivity index (χ1v) is 9.86. The van der Waals surface area contributed by atoms with Crippen LogP contribution in [0.4, 0.5) is 4.39 Å². The highest BCUT2D eigenvalue weighted by molar-refractivity contribution is 5.79. The Bertz CT molecular complexity index is 1040. The minimum absolute atomic E-state index is 0.0476. The number of hydrogen-bond donors (Lipinski definition) is 1. The van der Waals surface area contributed by atoms with Crippen molar-refractivity contribution in [1.82, 2.24) is 20.4 Å². The van der Waals surface area contributed by atoms with Gasteiger partial charge in [-0.05, 0) is 29.8 Å². The van der Waals surface area contributed by atoms with Crippen LogP contribution in [0, 0.1) is 5.82 Å². The van der Waals surface area contributed by atoms with Gasteiger partial charge in [-0.25, -0.2) is 4.39 Å². The highest BCUT2D eigenvalue weighted by Gasteiger charge is 2.33. The van der Waals surface area contributed by atoms with Crippen molar-refractivity contribution in [2.45, 2.75) is 25.4 Å². The summed E-state index contributed by atoms with van der Waals surface area (Å²) in [5, 5.41) is 6.59. The highest BCUT2D eigenvalue weighted by atomic mass is 19.1. The minimum Gasteiger partial charge on any atom is -0.484 e. The molecule has 160 valence electrons. The number of ether oxygens (including phenoxy) is 1. The number of likely N-dealkylation sites (tertiary alicyclic amines) is 1. The predicted octanol–water partition coefficient (Wildman–Crippen LogP) is 2.42. The fourth-order valence-electron chi connectivity index (χ4n) is 3.31. The molecule has 1 atom stereocenters. The second kappa shape index (κ2) is 9.38. The van der Waals surface area contributed by atoms with Gasteiger partial charge >= 0.3 is 0 Å². The lowest BCUT2D eigenvalue weighted by atomic mass is 10.1. The fraction of sp³-hybridized carbons (Fsp3) is 0.273. The molecule has 1 N–H and O–H groups in total. The normalized spacial score (nSPS) is 15.8. The molecule has 2 amide bonds. The van der Waals surface area contributed by atoms with E-state index < -0.39 is 0 Å². The first-order chi connectivity index (χ1) is 15.1. The molecular formula is C22H21FN4O4. The molecule has 0 saturated carbocycles. The summed E-state index contributed by atoms with van der Waals surface area (Å²) < 4.78 is 23.4. The molecule has 0 aliphatic carbocycles. The van der Waals surface area contributed by atoms with Crippen molar-refractivity contribution in [3.8, 4) is 5.75 Å². The Kier molecular flexibility index (Phi) is 6.21. The summed E-state index contributed by atoms with van der Waals surface area (Å²) in [5.74, 6) is 0.236. The van der Waals surface area contributed by atoms with Crippen LogP contribution in [0.3, 0.4) is 0 Å². The maximum absolute atomic E-state index is 12.9. The lowest BCUT2D eigenvalue weighted by Crippen LogP contribution is -2.28. The molecule has 0 spiro atoms. The van der Waals surface area contributed by atoms with Gasteiger partial charge < -0.3 is 19.5 Å². The van der Waals surface area contributed by atoms with Gasteiger partial charge in [-0.15, -0.1) is 0 Å². The van der Waals surface area contributed by atoms with E-state index in [9.17, 15) is 14.0 Å². The van der Waals surface area contributed by atoms with Crippen molar-refractivity contribution in [3.05, 3.63) is 77.7 Å². The van der Waals surface area contributed by atoms with Crippen LogP contribution >= 0.6 is 0 Å². The van der Waals surface area contributed by atoms with Gasteiger partial charge in [0.25, 0.3) is 5.91 Å². The van der Waals surface area contributed by atoms with Gasteiger partial charge in [0.2, 0.25) is 11.8 Å². The Hall–Kier alpha value is -3.75. The first-order valence-electron chi connectivity index (χ1n) is 9.86. The number of halogens is 1. The number of carbonyl (C=O) groups excluding carboxylic acids is 2. The second-order valence-corrected chi connectivity index (χ2v) is 7.23. The van der Waals surface area contributed by atoms with Gasteiger partial charge in [0.15, 0.2) is 12.4 Å². The van der Waals surface area contributed by atoms with Crippen LogP contribution in [-0.4, -0.2) is 40.0 Å². The van der Waals surface area contributed by atoms with Gasteiger partial charge in [-0.1, -0.05) is 35.5 Å². The van der Waals surface area contributed by atoms with Crippen molar-refractivity contribution in [2.75, 3.05) is 13.2 Å². The van der Waals surface area contributed by atoms with Crippen LogP contribution in [0.15, 0.2) is 59.1 Å². The van der Waals surface area contributed by atoms with Gasteiger partial charge in [0.05, 0.1) is 6.54 Å². The number of rotatable bonds is 8. The van der Waals surface area contributed by atoms with E-state index in [-0.39, 0.29) is 42.6 Å². The molecule has 0 radical (unpaired) electrons. The van der Waals surface area contributed by atoms with E-state index >= 15 is 0 Å². The van der Waals surface area contributed by atoms with E-state index in [1.54, 1.807) is 4.90 Å². The minimum atomic E-state index is -0.380. The summed E-state index contributed by atoms with van der Waals surface area (Å²) in [7, 11) is 0. The topological polar surface area (TPSA) is 97.6 Å². The number of benzene rings is 2. The number of carbonyl (C=O) groups is 2. The average molecular weight is 424 g/mol. The molecule has 1 aliphatic heterocycles. The third-order valence-corrected chi connectivity index (χ3v) is 4.90. The van der Waals surface area contributed by atoms with Crippen molar-refractivity contribution >= 4 is 11.8 Å². The lowest BCUT2D eigenvalue weighted by Gasteiger charge is -2.15. The van der Waals surface area contributed by atoms with Crippen molar-refractivity contribution in [1.29, 1.82) is 0 Å². The van der Waals surface area contributed by atoms with Crippen LogP contribution in [0.2, 0.25) is 0 Å². The number of nitrogens with zero attached hydrogens (tertiary/aromatic N) is 3. The van der Waals surface area contributed by atoms with Crippen molar-refractivity contribution in [2.24, 2.45) is 0 Å². The zero-order valence-corrected chi connectivity index (χ0v) is 16.7. The van der Waals surface area contributed by atoms with Gasteiger partial charge in [0, 0.05) is 25.4 Å². The maximum Gasteiger partial charge on any atom is 0.258 e. The van der Waals surface area contributed by atoms with Crippen LogP contribution in [-0.2, 0) is 22.7 Å². The lowest BCUT2D eigenvalue weighted by molar-refractivity contribution is -0.128. The van der Waals surface area contributed by atoms with E-state index in [2.05, 4.69) is 15.5 Å². The molecule has 9 heteroatoms.